The molecular formula is C12H11BrN2O. The van der Waals surface area contributed by atoms with Crippen LogP contribution < -0.4 is 5.32 Å². The Morgan fingerprint density at radius 2 is 2.06 bits per heavy atom. The van der Waals surface area contributed by atoms with Gasteiger partial charge in [-0.25, -0.2) is 0 Å². The van der Waals surface area contributed by atoms with E-state index in [2.05, 4.69) is 26.2 Å². The zero-order chi connectivity index (χ0) is 11.4. The maximum Gasteiger partial charge on any atom is 0.252 e. The molecule has 1 aromatic heterocycles. The fourth-order valence-corrected chi connectivity index (χ4v) is 1.86. The smallest absolute Gasteiger partial charge is 0.252 e. The Labute approximate surface area is 102 Å². The van der Waals surface area contributed by atoms with Gasteiger partial charge in [-0.3, -0.25) is 4.79 Å². The largest absolute Gasteiger partial charge is 0.364 e. The second kappa shape index (κ2) is 4.99. The number of hydrogen-bond donors (Lipinski definition) is 2. The van der Waals surface area contributed by atoms with Crippen LogP contribution in [-0.4, -0.2) is 10.9 Å². The van der Waals surface area contributed by atoms with Gasteiger partial charge in [-0.05, 0) is 40.2 Å². The average Bonchev–Trinajstić information content (AvgIpc) is 2.79. The number of amides is 1. The van der Waals surface area contributed by atoms with Gasteiger partial charge in [0.25, 0.3) is 5.91 Å². The molecule has 1 aromatic carbocycles. The molecule has 16 heavy (non-hydrogen) atoms. The minimum absolute atomic E-state index is 0.0814. The van der Waals surface area contributed by atoms with Crippen molar-refractivity contribution in [2.75, 3.05) is 0 Å². The zero-order valence-electron chi connectivity index (χ0n) is 8.53. The van der Waals surface area contributed by atoms with Crippen LogP contribution in [0.3, 0.4) is 0 Å². The van der Waals surface area contributed by atoms with E-state index in [-0.39, 0.29) is 5.91 Å². The van der Waals surface area contributed by atoms with Crippen LogP contribution in [0.15, 0.2) is 47.1 Å². The van der Waals surface area contributed by atoms with Gasteiger partial charge >= 0.3 is 0 Å². The van der Waals surface area contributed by atoms with Crippen LogP contribution in [0.2, 0.25) is 0 Å². The van der Waals surface area contributed by atoms with Crippen LogP contribution in [0.25, 0.3) is 0 Å². The lowest BCUT2D eigenvalue weighted by molar-refractivity contribution is 0.0949. The summed E-state index contributed by atoms with van der Waals surface area (Å²) in [6.07, 6.45) is 1.83. The van der Waals surface area contributed by atoms with Crippen LogP contribution in [0.4, 0.5) is 0 Å². The molecule has 0 saturated heterocycles. The molecule has 0 fully saturated rings. The second-order valence-corrected chi connectivity index (χ2v) is 4.21. The SMILES string of the molecule is O=C(NCc1ccc[nH]1)c1ccccc1Br. The number of aromatic nitrogens is 1. The number of rotatable bonds is 3. The van der Waals surface area contributed by atoms with Crippen molar-refractivity contribution in [3.63, 3.8) is 0 Å². The normalized spacial score (nSPS) is 10.1. The number of carbonyl (C=O) groups is 1. The van der Waals surface area contributed by atoms with Crippen molar-refractivity contribution in [2.24, 2.45) is 0 Å². The number of H-pyrrole nitrogens is 1. The predicted molar refractivity (Wildman–Crippen MR) is 66.1 cm³/mol. The van der Waals surface area contributed by atoms with Gasteiger partial charge in [0.1, 0.15) is 0 Å². The number of hydrogen-bond acceptors (Lipinski definition) is 1. The van der Waals surface area contributed by atoms with Crippen LogP contribution in [0.1, 0.15) is 16.1 Å². The van der Waals surface area contributed by atoms with E-state index in [1.165, 1.54) is 0 Å². The van der Waals surface area contributed by atoms with Gasteiger partial charge in [-0.15, -0.1) is 0 Å². The number of aromatic amines is 1. The van der Waals surface area contributed by atoms with E-state index >= 15 is 0 Å². The fourth-order valence-electron chi connectivity index (χ4n) is 1.39. The minimum Gasteiger partial charge on any atom is -0.364 e. The Morgan fingerprint density at radius 1 is 1.25 bits per heavy atom. The molecule has 0 aliphatic carbocycles. The topological polar surface area (TPSA) is 44.9 Å². The molecule has 2 aromatic rings. The van der Waals surface area contributed by atoms with Gasteiger partial charge in [0.15, 0.2) is 0 Å². The summed E-state index contributed by atoms with van der Waals surface area (Å²) in [5.41, 5.74) is 1.63. The lowest BCUT2D eigenvalue weighted by Gasteiger charge is -2.05. The monoisotopic (exact) mass is 278 g/mol. The highest BCUT2D eigenvalue weighted by atomic mass is 79.9. The summed E-state index contributed by atoms with van der Waals surface area (Å²) in [6, 6.07) is 11.2. The van der Waals surface area contributed by atoms with Gasteiger partial charge in [-0.1, -0.05) is 12.1 Å². The van der Waals surface area contributed by atoms with Gasteiger partial charge in [-0.2, -0.15) is 0 Å². The van der Waals surface area contributed by atoms with E-state index < -0.39 is 0 Å². The molecule has 0 spiro atoms. The van der Waals surface area contributed by atoms with Gasteiger partial charge in [0.2, 0.25) is 0 Å². The molecule has 3 nitrogen and oxygen atoms in total. The van der Waals surface area contributed by atoms with E-state index in [0.29, 0.717) is 12.1 Å². The molecule has 0 atom stereocenters. The Kier molecular flexibility index (Phi) is 3.41. The molecule has 2 rings (SSSR count). The zero-order valence-corrected chi connectivity index (χ0v) is 10.1. The Balaban J connectivity index is 2.01. The van der Waals surface area contributed by atoms with E-state index in [4.69, 9.17) is 0 Å². The van der Waals surface area contributed by atoms with Crippen LogP contribution >= 0.6 is 15.9 Å². The third kappa shape index (κ3) is 2.52. The molecule has 0 unspecified atom stereocenters. The van der Waals surface area contributed by atoms with Crippen molar-refractivity contribution in [1.29, 1.82) is 0 Å². The fraction of sp³-hybridized carbons (Fsp3) is 0.0833. The molecule has 82 valence electrons. The van der Waals surface area contributed by atoms with Gasteiger partial charge < -0.3 is 10.3 Å². The summed E-state index contributed by atoms with van der Waals surface area (Å²) >= 11 is 3.35. The van der Waals surface area contributed by atoms with Gasteiger partial charge in [0.05, 0.1) is 12.1 Å². The predicted octanol–water partition coefficient (Wildman–Crippen LogP) is 2.71. The van der Waals surface area contributed by atoms with Crippen molar-refractivity contribution >= 4 is 21.8 Å². The van der Waals surface area contributed by atoms with Crippen molar-refractivity contribution < 1.29 is 4.79 Å². The first-order chi connectivity index (χ1) is 7.77. The summed E-state index contributed by atoms with van der Waals surface area (Å²) in [7, 11) is 0. The molecule has 2 N–H and O–H groups in total. The summed E-state index contributed by atoms with van der Waals surface area (Å²) in [5.74, 6) is -0.0814. The van der Waals surface area contributed by atoms with Gasteiger partial charge in [0, 0.05) is 16.4 Å². The van der Waals surface area contributed by atoms with Crippen molar-refractivity contribution in [1.82, 2.24) is 10.3 Å². The lowest BCUT2D eigenvalue weighted by atomic mass is 10.2. The molecule has 0 saturated carbocycles. The van der Waals surface area contributed by atoms with Crippen molar-refractivity contribution in [3.05, 3.63) is 58.3 Å². The number of halogens is 1. The van der Waals surface area contributed by atoms with E-state index in [9.17, 15) is 4.79 Å². The van der Waals surface area contributed by atoms with Crippen LogP contribution in [0.5, 0.6) is 0 Å². The molecule has 4 heteroatoms. The first-order valence-electron chi connectivity index (χ1n) is 4.92. The third-order valence-corrected chi connectivity index (χ3v) is 2.91. The standard InChI is InChI=1S/C12H11BrN2O/c13-11-6-2-1-5-10(11)12(16)15-8-9-4-3-7-14-9/h1-7,14H,8H2,(H,15,16). The highest BCUT2D eigenvalue weighted by molar-refractivity contribution is 9.10. The molecular weight excluding hydrogens is 268 g/mol. The van der Waals surface area contributed by atoms with Crippen molar-refractivity contribution in [2.45, 2.75) is 6.54 Å². The molecule has 0 aliphatic rings. The maximum absolute atomic E-state index is 11.8. The highest BCUT2D eigenvalue weighted by Gasteiger charge is 2.08. The van der Waals surface area contributed by atoms with Crippen molar-refractivity contribution in [3.8, 4) is 0 Å². The molecule has 0 radical (unpaired) electrons. The average molecular weight is 279 g/mol. The summed E-state index contributed by atoms with van der Waals surface area (Å²) in [5, 5.41) is 2.84. The molecule has 1 amide bonds. The molecule has 0 bridgehead atoms. The van der Waals surface area contributed by atoms with E-state index in [0.717, 1.165) is 10.2 Å². The number of nitrogens with one attached hydrogen (secondary N) is 2. The second-order valence-electron chi connectivity index (χ2n) is 3.36. The Bertz CT molecular complexity index is 480. The van der Waals surface area contributed by atoms with E-state index in [1.54, 1.807) is 6.07 Å². The maximum atomic E-state index is 11.8. The summed E-state index contributed by atoms with van der Waals surface area (Å²) in [4.78, 5) is 14.8. The first-order valence-corrected chi connectivity index (χ1v) is 5.71. The summed E-state index contributed by atoms with van der Waals surface area (Å²) in [6.45, 7) is 0.507. The highest BCUT2D eigenvalue weighted by Crippen LogP contribution is 2.15. The quantitative estimate of drug-likeness (QED) is 0.891. The Morgan fingerprint density at radius 3 is 2.75 bits per heavy atom. The van der Waals surface area contributed by atoms with E-state index in [1.807, 2.05) is 36.5 Å². The Hall–Kier alpha value is -1.55. The number of benzene rings is 1. The van der Waals surface area contributed by atoms with Crippen LogP contribution in [-0.2, 0) is 6.54 Å². The third-order valence-electron chi connectivity index (χ3n) is 2.22. The minimum atomic E-state index is -0.0814. The lowest BCUT2D eigenvalue weighted by Crippen LogP contribution is -2.23. The summed E-state index contributed by atoms with van der Waals surface area (Å²) < 4.78 is 0.805. The molecule has 0 aliphatic heterocycles. The number of carbonyl (C=O) groups excluding carboxylic acids is 1. The first kappa shape index (κ1) is 11.0. The molecule has 1 heterocycles. The van der Waals surface area contributed by atoms with Crippen LogP contribution in [0, 0.1) is 0 Å².